The SMILES string of the molecule is CCOc1ccc2c(c1)O/C(=C\c1cccc(OC(=O)C3CCCCC3)c1)C2=O. The monoisotopic (exact) mass is 392 g/mol. The second kappa shape index (κ2) is 8.52. The lowest BCUT2D eigenvalue weighted by atomic mass is 9.89. The second-order valence-electron chi connectivity index (χ2n) is 7.36. The Kier molecular flexibility index (Phi) is 5.65. The summed E-state index contributed by atoms with van der Waals surface area (Å²) in [5.74, 6) is 1.52. The molecule has 0 saturated heterocycles. The van der Waals surface area contributed by atoms with Gasteiger partial charge in [-0.15, -0.1) is 0 Å². The van der Waals surface area contributed by atoms with E-state index in [0.717, 1.165) is 31.2 Å². The van der Waals surface area contributed by atoms with Crippen molar-refractivity contribution in [1.82, 2.24) is 0 Å². The van der Waals surface area contributed by atoms with Crippen molar-refractivity contribution < 1.29 is 23.8 Å². The van der Waals surface area contributed by atoms with E-state index in [4.69, 9.17) is 14.2 Å². The van der Waals surface area contributed by atoms with Crippen LogP contribution >= 0.6 is 0 Å². The highest BCUT2D eigenvalue weighted by molar-refractivity contribution is 6.14. The molecule has 2 aromatic carbocycles. The van der Waals surface area contributed by atoms with E-state index < -0.39 is 0 Å². The molecule has 2 aliphatic rings. The smallest absolute Gasteiger partial charge is 0.314 e. The fraction of sp³-hybridized carbons (Fsp3) is 0.333. The molecule has 5 heteroatoms. The van der Waals surface area contributed by atoms with Crippen LogP contribution in [0.1, 0.15) is 54.9 Å². The minimum absolute atomic E-state index is 0.0143. The maximum atomic E-state index is 12.6. The standard InChI is InChI=1S/C24H24O5/c1-2-27-18-11-12-20-21(15-18)29-22(23(20)25)14-16-7-6-10-19(13-16)28-24(26)17-8-4-3-5-9-17/h6-7,10-15,17H,2-5,8-9H2,1H3/b22-14-. The Hall–Kier alpha value is -3.08. The van der Waals surface area contributed by atoms with E-state index in [0.29, 0.717) is 29.4 Å². The van der Waals surface area contributed by atoms with Crippen molar-refractivity contribution in [2.45, 2.75) is 39.0 Å². The number of benzene rings is 2. The van der Waals surface area contributed by atoms with Crippen molar-refractivity contribution >= 4 is 17.8 Å². The van der Waals surface area contributed by atoms with Gasteiger partial charge >= 0.3 is 5.97 Å². The Morgan fingerprint density at radius 2 is 1.93 bits per heavy atom. The van der Waals surface area contributed by atoms with E-state index in [9.17, 15) is 9.59 Å². The van der Waals surface area contributed by atoms with Crippen molar-refractivity contribution in [2.75, 3.05) is 6.61 Å². The van der Waals surface area contributed by atoms with Crippen LogP contribution < -0.4 is 14.2 Å². The second-order valence-corrected chi connectivity index (χ2v) is 7.36. The molecular formula is C24H24O5. The van der Waals surface area contributed by atoms with Crippen molar-refractivity contribution in [3.8, 4) is 17.2 Å². The van der Waals surface area contributed by atoms with Gasteiger partial charge in [0.2, 0.25) is 5.78 Å². The Morgan fingerprint density at radius 1 is 1.10 bits per heavy atom. The highest BCUT2D eigenvalue weighted by Gasteiger charge is 2.28. The molecule has 1 heterocycles. The van der Waals surface area contributed by atoms with Crippen molar-refractivity contribution in [2.24, 2.45) is 5.92 Å². The zero-order valence-corrected chi connectivity index (χ0v) is 16.5. The van der Waals surface area contributed by atoms with E-state index in [-0.39, 0.29) is 23.4 Å². The Balaban J connectivity index is 1.49. The van der Waals surface area contributed by atoms with Crippen LogP contribution in [0.2, 0.25) is 0 Å². The summed E-state index contributed by atoms with van der Waals surface area (Å²) >= 11 is 0. The molecule has 1 fully saturated rings. The van der Waals surface area contributed by atoms with Gasteiger partial charge in [0.05, 0.1) is 18.1 Å². The molecule has 150 valence electrons. The first kappa shape index (κ1) is 19.2. The number of allylic oxidation sites excluding steroid dienone is 1. The van der Waals surface area contributed by atoms with Crippen LogP contribution in [0.15, 0.2) is 48.2 Å². The van der Waals surface area contributed by atoms with Gasteiger partial charge in [0.1, 0.15) is 17.2 Å². The third-order valence-corrected chi connectivity index (χ3v) is 5.27. The van der Waals surface area contributed by atoms with Crippen molar-refractivity contribution in [1.29, 1.82) is 0 Å². The van der Waals surface area contributed by atoms with E-state index in [2.05, 4.69) is 0 Å². The lowest BCUT2D eigenvalue weighted by molar-refractivity contribution is -0.139. The molecule has 2 aromatic rings. The summed E-state index contributed by atoms with van der Waals surface area (Å²) in [7, 11) is 0. The molecule has 0 unspecified atom stereocenters. The Morgan fingerprint density at radius 3 is 2.72 bits per heavy atom. The lowest BCUT2D eigenvalue weighted by Crippen LogP contribution is -2.22. The van der Waals surface area contributed by atoms with Gasteiger partial charge in [-0.25, -0.2) is 0 Å². The third kappa shape index (κ3) is 4.34. The summed E-state index contributed by atoms with van der Waals surface area (Å²) in [4.78, 5) is 25.0. The molecular weight excluding hydrogens is 368 g/mol. The van der Waals surface area contributed by atoms with E-state index >= 15 is 0 Å². The fourth-order valence-corrected chi connectivity index (χ4v) is 3.78. The van der Waals surface area contributed by atoms with Crippen LogP contribution in [0.4, 0.5) is 0 Å². The molecule has 0 bridgehead atoms. The van der Waals surface area contributed by atoms with Gasteiger partial charge in [0.25, 0.3) is 0 Å². The molecule has 1 aliphatic heterocycles. The number of ketones is 1. The van der Waals surface area contributed by atoms with Crippen LogP contribution in [0.25, 0.3) is 6.08 Å². The van der Waals surface area contributed by atoms with Gasteiger partial charge in [-0.1, -0.05) is 31.4 Å². The predicted molar refractivity (Wildman–Crippen MR) is 109 cm³/mol. The van der Waals surface area contributed by atoms with Gasteiger partial charge in [-0.3, -0.25) is 9.59 Å². The average Bonchev–Trinajstić information content (AvgIpc) is 3.04. The van der Waals surface area contributed by atoms with Gasteiger partial charge in [-0.2, -0.15) is 0 Å². The van der Waals surface area contributed by atoms with Gasteiger partial charge in [0.15, 0.2) is 5.76 Å². The molecule has 0 aromatic heterocycles. The molecule has 4 rings (SSSR count). The molecule has 29 heavy (non-hydrogen) atoms. The summed E-state index contributed by atoms with van der Waals surface area (Å²) < 4.78 is 16.8. The first-order chi connectivity index (χ1) is 14.1. The maximum absolute atomic E-state index is 12.6. The Labute approximate surface area is 170 Å². The fourth-order valence-electron chi connectivity index (χ4n) is 3.78. The molecule has 0 spiro atoms. The van der Waals surface area contributed by atoms with E-state index in [1.807, 2.05) is 13.0 Å². The van der Waals surface area contributed by atoms with Crippen LogP contribution in [-0.4, -0.2) is 18.4 Å². The van der Waals surface area contributed by atoms with Crippen LogP contribution in [0.5, 0.6) is 17.2 Å². The number of hydrogen-bond donors (Lipinski definition) is 0. The summed E-state index contributed by atoms with van der Waals surface area (Å²) in [6.07, 6.45) is 6.81. The number of fused-ring (bicyclic) bond motifs is 1. The first-order valence-electron chi connectivity index (χ1n) is 10.2. The van der Waals surface area contributed by atoms with Crippen LogP contribution in [-0.2, 0) is 4.79 Å². The summed E-state index contributed by atoms with van der Waals surface area (Å²) in [6, 6.07) is 12.3. The molecule has 0 atom stereocenters. The van der Waals surface area contributed by atoms with Crippen LogP contribution in [0, 0.1) is 5.92 Å². The summed E-state index contributed by atoms with van der Waals surface area (Å²) in [6.45, 7) is 2.44. The van der Waals surface area contributed by atoms with E-state index in [1.54, 1.807) is 42.5 Å². The van der Waals surface area contributed by atoms with Crippen molar-refractivity contribution in [3.05, 3.63) is 59.4 Å². The number of ether oxygens (including phenoxy) is 3. The highest BCUT2D eigenvalue weighted by atomic mass is 16.5. The molecule has 1 aliphatic carbocycles. The topological polar surface area (TPSA) is 61.8 Å². The lowest BCUT2D eigenvalue weighted by Gasteiger charge is -2.19. The zero-order valence-electron chi connectivity index (χ0n) is 16.5. The summed E-state index contributed by atoms with van der Waals surface area (Å²) in [5.41, 5.74) is 1.25. The summed E-state index contributed by atoms with van der Waals surface area (Å²) in [5, 5.41) is 0. The number of Topliss-reactive ketones (excluding diaryl/α,β-unsaturated/α-hetero) is 1. The van der Waals surface area contributed by atoms with Gasteiger partial charge in [-0.05, 0) is 55.7 Å². The maximum Gasteiger partial charge on any atom is 0.314 e. The minimum Gasteiger partial charge on any atom is -0.494 e. The number of hydrogen-bond acceptors (Lipinski definition) is 5. The highest BCUT2D eigenvalue weighted by Crippen LogP contribution is 2.35. The predicted octanol–water partition coefficient (Wildman–Crippen LogP) is 5.19. The van der Waals surface area contributed by atoms with Gasteiger partial charge < -0.3 is 14.2 Å². The van der Waals surface area contributed by atoms with Crippen molar-refractivity contribution in [3.63, 3.8) is 0 Å². The van der Waals surface area contributed by atoms with Gasteiger partial charge in [0, 0.05) is 6.07 Å². The molecule has 1 saturated carbocycles. The average molecular weight is 392 g/mol. The largest absolute Gasteiger partial charge is 0.494 e. The minimum atomic E-state index is -0.173. The Bertz CT molecular complexity index is 953. The number of rotatable bonds is 5. The molecule has 0 radical (unpaired) electrons. The first-order valence-corrected chi connectivity index (χ1v) is 10.2. The van der Waals surface area contributed by atoms with Crippen LogP contribution in [0.3, 0.4) is 0 Å². The molecule has 0 amide bonds. The third-order valence-electron chi connectivity index (χ3n) is 5.27. The number of carbonyl (C=O) groups excluding carboxylic acids is 2. The quantitative estimate of drug-likeness (QED) is 0.398. The number of esters is 1. The zero-order chi connectivity index (χ0) is 20.2. The molecule has 0 N–H and O–H groups in total. The molecule has 5 nitrogen and oxygen atoms in total. The normalized spacial score (nSPS) is 17.7. The van der Waals surface area contributed by atoms with E-state index in [1.165, 1.54) is 6.42 Å². The number of carbonyl (C=O) groups is 2.